The molecule has 0 aromatic heterocycles. The van der Waals surface area contributed by atoms with E-state index in [4.69, 9.17) is 9.47 Å². The van der Waals surface area contributed by atoms with Crippen molar-refractivity contribution in [3.05, 3.63) is 0 Å². The molecule has 4 heteroatoms. The highest BCUT2D eigenvalue weighted by molar-refractivity contribution is 5.95. The molecule has 1 rings (SSSR count). The molecule has 0 aromatic carbocycles. The number of carbonyl (C=O) groups is 2. The third kappa shape index (κ3) is 4.51. The van der Waals surface area contributed by atoms with Crippen LogP contribution in [0.3, 0.4) is 0 Å². The Morgan fingerprint density at radius 3 is 2.11 bits per heavy atom. The first kappa shape index (κ1) is 16.0. The van der Waals surface area contributed by atoms with Crippen LogP contribution < -0.4 is 0 Å². The van der Waals surface area contributed by atoms with Gasteiger partial charge >= 0.3 is 11.9 Å². The van der Waals surface area contributed by atoms with Gasteiger partial charge < -0.3 is 9.47 Å². The van der Waals surface area contributed by atoms with Gasteiger partial charge in [-0.25, -0.2) is 0 Å². The minimum Gasteiger partial charge on any atom is -0.465 e. The Kier molecular flexibility index (Phi) is 5.83. The van der Waals surface area contributed by atoms with Gasteiger partial charge in [-0.2, -0.15) is 0 Å². The largest absolute Gasteiger partial charge is 0.465 e. The van der Waals surface area contributed by atoms with Gasteiger partial charge in [-0.15, -0.1) is 0 Å². The van der Waals surface area contributed by atoms with Gasteiger partial charge in [0.2, 0.25) is 0 Å². The average molecular weight is 270 g/mol. The summed E-state index contributed by atoms with van der Waals surface area (Å²) in [6.45, 7) is 8.48. The van der Waals surface area contributed by atoms with Crippen LogP contribution in [-0.4, -0.2) is 25.2 Å². The van der Waals surface area contributed by atoms with E-state index in [9.17, 15) is 9.59 Å². The van der Waals surface area contributed by atoms with Crippen LogP contribution in [-0.2, 0) is 19.1 Å². The van der Waals surface area contributed by atoms with Crippen molar-refractivity contribution < 1.29 is 19.1 Å². The van der Waals surface area contributed by atoms with Gasteiger partial charge in [0.1, 0.15) is 0 Å². The summed E-state index contributed by atoms with van der Waals surface area (Å²) in [5.74, 6) is -1.56. The topological polar surface area (TPSA) is 52.6 Å². The minimum atomic E-state index is -0.750. The highest BCUT2D eigenvalue weighted by atomic mass is 16.6. The van der Waals surface area contributed by atoms with E-state index in [1.807, 2.05) is 0 Å². The van der Waals surface area contributed by atoms with Crippen LogP contribution in [0.2, 0.25) is 0 Å². The zero-order valence-electron chi connectivity index (χ0n) is 12.5. The lowest BCUT2D eigenvalue weighted by Gasteiger charge is -2.37. The van der Waals surface area contributed by atoms with Gasteiger partial charge in [0, 0.05) is 0 Å². The molecule has 0 heterocycles. The molecule has 110 valence electrons. The molecular formula is C15H26O4. The summed E-state index contributed by atoms with van der Waals surface area (Å²) in [5.41, 5.74) is 0.181. The molecule has 0 aromatic rings. The van der Waals surface area contributed by atoms with Crippen LogP contribution in [0, 0.1) is 17.3 Å². The fourth-order valence-electron chi connectivity index (χ4n) is 2.99. The summed E-state index contributed by atoms with van der Waals surface area (Å²) < 4.78 is 10.1. The quantitative estimate of drug-likeness (QED) is 0.569. The van der Waals surface area contributed by atoms with Crippen LogP contribution in [0.15, 0.2) is 0 Å². The highest BCUT2D eigenvalue weighted by Crippen LogP contribution is 2.42. The lowest BCUT2D eigenvalue weighted by atomic mass is 9.68. The minimum absolute atomic E-state index is 0.0434. The number of hydrogen-bond acceptors (Lipinski definition) is 4. The van der Waals surface area contributed by atoms with Gasteiger partial charge in [-0.1, -0.05) is 20.3 Å². The Hall–Kier alpha value is -1.06. The first-order valence-corrected chi connectivity index (χ1v) is 7.24. The second kappa shape index (κ2) is 6.92. The molecule has 4 nitrogen and oxygen atoms in total. The van der Waals surface area contributed by atoms with Crippen molar-refractivity contribution in [2.24, 2.45) is 17.3 Å². The molecule has 1 saturated carbocycles. The summed E-state index contributed by atoms with van der Waals surface area (Å²) >= 11 is 0. The van der Waals surface area contributed by atoms with Crippen molar-refractivity contribution in [1.29, 1.82) is 0 Å². The number of esters is 2. The fourth-order valence-corrected chi connectivity index (χ4v) is 2.99. The smallest absolute Gasteiger partial charge is 0.320 e. The molecule has 1 fully saturated rings. The van der Waals surface area contributed by atoms with Crippen LogP contribution in [0.25, 0.3) is 0 Å². The predicted molar refractivity (Wildman–Crippen MR) is 72.5 cm³/mol. The molecule has 0 spiro atoms. The Morgan fingerprint density at radius 2 is 1.68 bits per heavy atom. The molecular weight excluding hydrogens is 244 g/mol. The van der Waals surface area contributed by atoms with E-state index in [0.29, 0.717) is 13.2 Å². The summed E-state index contributed by atoms with van der Waals surface area (Å²) in [4.78, 5) is 24.1. The Balaban J connectivity index is 2.83. The molecule has 0 radical (unpaired) electrons. The zero-order valence-corrected chi connectivity index (χ0v) is 12.5. The Morgan fingerprint density at radius 1 is 1.16 bits per heavy atom. The Bertz CT molecular complexity index is 304. The molecule has 19 heavy (non-hydrogen) atoms. The first-order chi connectivity index (χ1) is 8.91. The predicted octanol–water partition coefficient (Wildman–Crippen LogP) is 2.95. The molecule has 0 amide bonds. The normalized spacial score (nSPS) is 22.1. The van der Waals surface area contributed by atoms with E-state index in [1.165, 1.54) is 0 Å². The van der Waals surface area contributed by atoms with Crippen molar-refractivity contribution in [3.8, 4) is 0 Å². The Labute approximate surface area is 115 Å². The number of rotatable bonds is 5. The van der Waals surface area contributed by atoms with Crippen LogP contribution >= 0.6 is 0 Å². The van der Waals surface area contributed by atoms with Crippen LogP contribution in [0.5, 0.6) is 0 Å². The summed E-state index contributed by atoms with van der Waals surface area (Å²) in [6.07, 6.45) is 3.95. The highest BCUT2D eigenvalue weighted by Gasteiger charge is 2.41. The number of ether oxygens (including phenoxy) is 2. The second-order valence-electron chi connectivity index (χ2n) is 6.00. The van der Waals surface area contributed by atoms with E-state index >= 15 is 0 Å². The molecule has 0 N–H and O–H groups in total. The zero-order chi connectivity index (χ0) is 14.5. The van der Waals surface area contributed by atoms with E-state index in [2.05, 4.69) is 13.8 Å². The maximum Gasteiger partial charge on any atom is 0.320 e. The number of carbonyl (C=O) groups excluding carboxylic acids is 2. The van der Waals surface area contributed by atoms with E-state index in [1.54, 1.807) is 13.8 Å². The van der Waals surface area contributed by atoms with Gasteiger partial charge in [0.05, 0.1) is 13.2 Å². The standard InChI is InChI=1S/C15H26O4/c1-5-18-13(16)12(14(17)19-6-2)11-8-7-9-15(3,4)10-11/h11-12H,5-10H2,1-4H3. The fraction of sp³-hybridized carbons (Fsp3) is 0.867. The van der Waals surface area contributed by atoms with Gasteiger partial charge in [0.15, 0.2) is 5.92 Å². The van der Waals surface area contributed by atoms with Crippen molar-refractivity contribution in [3.63, 3.8) is 0 Å². The SMILES string of the molecule is CCOC(=O)C(C(=O)OCC)C1CCCC(C)(C)C1. The van der Waals surface area contributed by atoms with Crippen molar-refractivity contribution in [2.75, 3.05) is 13.2 Å². The molecule has 1 aliphatic rings. The van der Waals surface area contributed by atoms with Crippen molar-refractivity contribution in [2.45, 2.75) is 53.4 Å². The lowest BCUT2D eigenvalue weighted by molar-refractivity contribution is -0.165. The maximum atomic E-state index is 12.0. The lowest BCUT2D eigenvalue weighted by Crippen LogP contribution is -2.38. The van der Waals surface area contributed by atoms with Gasteiger partial charge in [0.25, 0.3) is 0 Å². The molecule has 0 bridgehead atoms. The van der Waals surface area contributed by atoms with Gasteiger partial charge in [-0.05, 0) is 44.4 Å². The monoisotopic (exact) mass is 270 g/mol. The maximum absolute atomic E-state index is 12.0. The third-order valence-electron chi connectivity index (χ3n) is 3.80. The average Bonchev–Trinajstić information content (AvgIpc) is 2.28. The molecule has 1 unspecified atom stereocenters. The van der Waals surface area contributed by atoms with Gasteiger partial charge in [-0.3, -0.25) is 9.59 Å². The molecule has 0 aliphatic heterocycles. The molecule has 0 saturated heterocycles. The molecule has 1 atom stereocenters. The van der Waals surface area contributed by atoms with Crippen LogP contribution in [0.4, 0.5) is 0 Å². The molecule has 1 aliphatic carbocycles. The van der Waals surface area contributed by atoms with Crippen LogP contribution in [0.1, 0.15) is 53.4 Å². The number of hydrogen-bond donors (Lipinski definition) is 0. The summed E-state index contributed by atoms with van der Waals surface area (Å²) in [7, 11) is 0. The van der Waals surface area contributed by atoms with Crippen molar-refractivity contribution >= 4 is 11.9 Å². The second-order valence-corrected chi connectivity index (χ2v) is 6.00. The van der Waals surface area contributed by atoms with E-state index < -0.39 is 17.9 Å². The van der Waals surface area contributed by atoms with E-state index in [-0.39, 0.29) is 11.3 Å². The summed E-state index contributed by atoms with van der Waals surface area (Å²) in [6, 6.07) is 0. The first-order valence-electron chi connectivity index (χ1n) is 7.24. The summed E-state index contributed by atoms with van der Waals surface area (Å²) in [5, 5.41) is 0. The van der Waals surface area contributed by atoms with Crippen molar-refractivity contribution in [1.82, 2.24) is 0 Å². The third-order valence-corrected chi connectivity index (χ3v) is 3.80. The van der Waals surface area contributed by atoms with E-state index in [0.717, 1.165) is 25.7 Å².